The molecule has 3 N–H and O–H groups in total. The molecule has 0 atom stereocenters. The summed E-state index contributed by atoms with van der Waals surface area (Å²) in [6.45, 7) is 0.664. The Morgan fingerprint density at radius 1 is 1.43 bits per heavy atom. The molecule has 3 heteroatoms. The largest absolute Gasteiger partial charge is 0.497 e. The molecule has 0 spiro atoms. The van der Waals surface area contributed by atoms with Crippen LogP contribution in [0.25, 0.3) is 0 Å². The fraction of sp³-hybridized carbons (Fsp3) is 0.273. The molecule has 0 unspecified atom stereocenters. The highest BCUT2D eigenvalue weighted by Crippen LogP contribution is 2.17. The van der Waals surface area contributed by atoms with Crippen molar-refractivity contribution in [3.8, 4) is 17.6 Å². The van der Waals surface area contributed by atoms with E-state index in [1.165, 1.54) is 0 Å². The lowest BCUT2D eigenvalue weighted by Gasteiger charge is -2.01. The molecular formula is C11H14N2O. The second-order valence-electron chi connectivity index (χ2n) is 2.83. The van der Waals surface area contributed by atoms with Gasteiger partial charge in [-0.2, -0.15) is 0 Å². The molecule has 1 rings (SSSR count). The van der Waals surface area contributed by atoms with Crippen LogP contribution in [0.15, 0.2) is 18.2 Å². The van der Waals surface area contributed by atoms with Crippen LogP contribution in [0.1, 0.15) is 5.56 Å². The fourth-order valence-corrected chi connectivity index (χ4v) is 1.05. The second kappa shape index (κ2) is 5.15. The number of hydrogen-bond acceptors (Lipinski definition) is 3. The van der Waals surface area contributed by atoms with E-state index in [1.54, 1.807) is 13.2 Å². The van der Waals surface area contributed by atoms with Gasteiger partial charge < -0.3 is 15.8 Å². The van der Waals surface area contributed by atoms with Crippen molar-refractivity contribution in [1.82, 2.24) is 5.32 Å². The van der Waals surface area contributed by atoms with Crippen LogP contribution in [0.4, 0.5) is 5.69 Å². The van der Waals surface area contributed by atoms with E-state index >= 15 is 0 Å². The minimum Gasteiger partial charge on any atom is -0.497 e. The van der Waals surface area contributed by atoms with E-state index in [2.05, 4.69) is 17.2 Å². The monoisotopic (exact) mass is 190 g/mol. The Kier molecular flexibility index (Phi) is 3.84. The molecule has 0 aliphatic heterocycles. The normalized spacial score (nSPS) is 9.00. The zero-order valence-corrected chi connectivity index (χ0v) is 8.42. The number of nitrogens with one attached hydrogen (secondary N) is 1. The lowest BCUT2D eigenvalue weighted by atomic mass is 10.2. The van der Waals surface area contributed by atoms with E-state index in [1.807, 2.05) is 19.2 Å². The van der Waals surface area contributed by atoms with Gasteiger partial charge in [-0.15, -0.1) is 0 Å². The molecule has 0 saturated carbocycles. The zero-order chi connectivity index (χ0) is 10.4. The summed E-state index contributed by atoms with van der Waals surface area (Å²) in [5.74, 6) is 6.68. The van der Waals surface area contributed by atoms with Crippen LogP contribution in [-0.4, -0.2) is 20.7 Å². The van der Waals surface area contributed by atoms with E-state index in [0.29, 0.717) is 12.2 Å². The van der Waals surface area contributed by atoms with Crippen molar-refractivity contribution in [2.45, 2.75) is 0 Å². The van der Waals surface area contributed by atoms with E-state index < -0.39 is 0 Å². The van der Waals surface area contributed by atoms with Gasteiger partial charge in [0.05, 0.1) is 13.7 Å². The topological polar surface area (TPSA) is 47.3 Å². The quantitative estimate of drug-likeness (QED) is 0.537. The molecular weight excluding hydrogens is 176 g/mol. The molecule has 14 heavy (non-hydrogen) atoms. The Hall–Kier alpha value is -1.66. The van der Waals surface area contributed by atoms with Gasteiger partial charge in [0.15, 0.2) is 0 Å². The number of anilines is 1. The smallest absolute Gasteiger partial charge is 0.122 e. The summed E-state index contributed by atoms with van der Waals surface area (Å²) in [7, 11) is 3.47. The van der Waals surface area contributed by atoms with Crippen molar-refractivity contribution >= 4 is 5.69 Å². The standard InChI is InChI=1S/C11H14N2O/c1-13-5-3-4-9-6-10(12)8-11(7-9)14-2/h6-8,13H,5,12H2,1-2H3. The number of ether oxygens (including phenoxy) is 1. The van der Waals surface area contributed by atoms with Crippen LogP contribution < -0.4 is 15.8 Å². The molecule has 0 bridgehead atoms. The van der Waals surface area contributed by atoms with Crippen molar-refractivity contribution in [3.05, 3.63) is 23.8 Å². The van der Waals surface area contributed by atoms with Gasteiger partial charge in [0, 0.05) is 17.3 Å². The van der Waals surface area contributed by atoms with E-state index in [0.717, 1.165) is 11.3 Å². The van der Waals surface area contributed by atoms with Gasteiger partial charge in [0.25, 0.3) is 0 Å². The highest BCUT2D eigenvalue weighted by atomic mass is 16.5. The van der Waals surface area contributed by atoms with Gasteiger partial charge in [-0.25, -0.2) is 0 Å². The molecule has 0 aromatic heterocycles. The predicted molar refractivity (Wildman–Crippen MR) is 58.2 cm³/mol. The van der Waals surface area contributed by atoms with E-state index in [-0.39, 0.29) is 0 Å². The molecule has 0 saturated heterocycles. The fourth-order valence-electron chi connectivity index (χ4n) is 1.05. The Morgan fingerprint density at radius 2 is 2.21 bits per heavy atom. The highest BCUT2D eigenvalue weighted by molar-refractivity contribution is 5.52. The number of methoxy groups -OCH3 is 1. The van der Waals surface area contributed by atoms with Gasteiger partial charge in [-0.3, -0.25) is 0 Å². The van der Waals surface area contributed by atoms with E-state index in [4.69, 9.17) is 10.5 Å². The first-order valence-corrected chi connectivity index (χ1v) is 4.34. The van der Waals surface area contributed by atoms with Crippen molar-refractivity contribution < 1.29 is 4.74 Å². The van der Waals surface area contributed by atoms with Crippen LogP contribution in [-0.2, 0) is 0 Å². The average Bonchev–Trinajstić information content (AvgIpc) is 2.17. The first-order valence-electron chi connectivity index (χ1n) is 4.34. The summed E-state index contributed by atoms with van der Waals surface area (Å²) >= 11 is 0. The van der Waals surface area contributed by atoms with Gasteiger partial charge in [0.1, 0.15) is 5.75 Å². The number of benzene rings is 1. The highest BCUT2D eigenvalue weighted by Gasteiger charge is 1.95. The molecule has 0 aliphatic carbocycles. The summed E-state index contributed by atoms with van der Waals surface area (Å²) in [6, 6.07) is 5.45. The Morgan fingerprint density at radius 3 is 2.86 bits per heavy atom. The minimum absolute atomic E-state index is 0.664. The van der Waals surface area contributed by atoms with Gasteiger partial charge in [0.2, 0.25) is 0 Å². The lowest BCUT2D eigenvalue weighted by molar-refractivity contribution is 0.415. The van der Waals surface area contributed by atoms with Crippen molar-refractivity contribution in [1.29, 1.82) is 0 Å². The maximum absolute atomic E-state index is 5.68. The SMILES string of the molecule is CNCC#Cc1cc(N)cc(OC)c1. The number of hydrogen-bond donors (Lipinski definition) is 2. The second-order valence-corrected chi connectivity index (χ2v) is 2.83. The Balaban J connectivity index is 2.88. The third kappa shape index (κ3) is 3.00. The molecule has 0 aliphatic rings. The molecule has 0 fully saturated rings. The van der Waals surface area contributed by atoms with Crippen LogP contribution >= 0.6 is 0 Å². The first-order chi connectivity index (χ1) is 6.76. The van der Waals surface area contributed by atoms with Gasteiger partial charge >= 0.3 is 0 Å². The predicted octanol–water partition coefficient (Wildman–Crippen LogP) is 0.848. The molecule has 74 valence electrons. The van der Waals surface area contributed by atoms with Crippen molar-refractivity contribution in [3.63, 3.8) is 0 Å². The molecule has 0 heterocycles. The van der Waals surface area contributed by atoms with Crippen LogP contribution in [0.2, 0.25) is 0 Å². The van der Waals surface area contributed by atoms with Crippen LogP contribution in [0.5, 0.6) is 5.75 Å². The molecule has 0 radical (unpaired) electrons. The van der Waals surface area contributed by atoms with Crippen molar-refractivity contribution in [2.24, 2.45) is 0 Å². The molecule has 3 nitrogen and oxygen atoms in total. The van der Waals surface area contributed by atoms with E-state index in [9.17, 15) is 0 Å². The summed E-state index contributed by atoms with van der Waals surface area (Å²) in [4.78, 5) is 0. The third-order valence-corrected chi connectivity index (χ3v) is 1.66. The summed E-state index contributed by atoms with van der Waals surface area (Å²) < 4.78 is 5.08. The molecule has 1 aromatic carbocycles. The van der Waals surface area contributed by atoms with Gasteiger partial charge in [-0.1, -0.05) is 11.8 Å². The number of nitrogen functional groups attached to an aromatic ring is 1. The minimum atomic E-state index is 0.664. The average molecular weight is 190 g/mol. The number of nitrogens with two attached hydrogens (primary N) is 1. The maximum atomic E-state index is 5.68. The molecule has 0 amide bonds. The first kappa shape index (κ1) is 10.4. The lowest BCUT2D eigenvalue weighted by Crippen LogP contribution is -2.04. The van der Waals surface area contributed by atoms with Crippen LogP contribution in [0, 0.1) is 11.8 Å². The number of rotatable bonds is 2. The maximum Gasteiger partial charge on any atom is 0.122 e. The molecule has 1 aromatic rings. The summed E-state index contributed by atoms with van der Waals surface area (Å²) in [5, 5.41) is 2.95. The summed E-state index contributed by atoms with van der Waals surface area (Å²) in [6.07, 6.45) is 0. The van der Waals surface area contributed by atoms with Crippen LogP contribution in [0.3, 0.4) is 0 Å². The third-order valence-electron chi connectivity index (χ3n) is 1.66. The van der Waals surface area contributed by atoms with Crippen molar-refractivity contribution in [2.75, 3.05) is 26.4 Å². The van der Waals surface area contributed by atoms with Gasteiger partial charge in [-0.05, 0) is 19.2 Å². The zero-order valence-electron chi connectivity index (χ0n) is 8.42. The Bertz CT molecular complexity index is 363. The summed E-state index contributed by atoms with van der Waals surface area (Å²) in [5.41, 5.74) is 7.21. The Labute approximate surface area is 84.3 Å².